The van der Waals surface area contributed by atoms with Crippen LogP contribution in [0, 0.1) is 5.92 Å². The highest BCUT2D eigenvalue weighted by molar-refractivity contribution is 5.87. The van der Waals surface area contributed by atoms with Crippen LogP contribution < -0.4 is 0 Å². The molecule has 1 nitrogen and oxygen atoms in total. The molecule has 0 aromatic carbocycles. The number of hydrogen-bond donors (Lipinski definition) is 0. The Morgan fingerprint density at radius 2 is 2.25 bits per heavy atom. The van der Waals surface area contributed by atoms with Crippen molar-refractivity contribution >= 4 is 5.78 Å². The van der Waals surface area contributed by atoms with E-state index in [1.807, 2.05) is 6.08 Å². The van der Waals surface area contributed by atoms with E-state index in [9.17, 15) is 4.79 Å². The van der Waals surface area contributed by atoms with Crippen LogP contribution in [0.2, 0.25) is 0 Å². The molecule has 0 bridgehead atoms. The zero-order valence-electron chi connectivity index (χ0n) is 5.05. The summed E-state index contributed by atoms with van der Waals surface area (Å²) in [5.74, 6) is 0.899. The molecule has 1 heteroatoms. The lowest BCUT2D eigenvalue weighted by Crippen LogP contribution is -1.79. The van der Waals surface area contributed by atoms with Gasteiger partial charge >= 0.3 is 0 Å². The molecule has 1 fully saturated rings. The molecule has 44 valence electrons. The van der Waals surface area contributed by atoms with E-state index in [0.29, 0.717) is 0 Å². The molecule has 0 unspecified atom stereocenters. The predicted molar refractivity (Wildman–Crippen MR) is 32.5 cm³/mol. The van der Waals surface area contributed by atoms with Crippen LogP contribution in [0.1, 0.15) is 19.8 Å². The third kappa shape index (κ3) is 1.92. The smallest absolute Gasteiger partial charge is 0.152 e. The molecule has 0 saturated heterocycles. The lowest BCUT2D eigenvalue weighted by atomic mass is 10.3. The Bertz CT molecular complexity index is 120. The fourth-order valence-corrected chi connectivity index (χ4v) is 0.560. The normalized spacial score (nSPS) is 19.6. The molecule has 0 atom stereocenters. The molecule has 0 radical (unpaired) electrons. The van der Waals surface area contributed by atoms with Crippen LogP contribution in [0.5, 0.6) is 0 Å². The van der Waals surface area contributed by atoms with E-state index < -0.39 is 0 Å². The van der Waals surface area contributed by atoms with Crippen LogP contribution in [-0.2, 0) is 4.79 Å². The van der Waals surface area contributed by atoms with Gasteiger partial charge in [-0.25, -0.2) is 0 Å². The van der Waals surface area contributed by atoms with Crippen molar-refractivity contribution in [1.82, 2.24) is 0 Å². The minimum absolute atomic E-state index is 0.164. The number of carbonyl (C=O) groups excluding carboxylic acids is 1. The number of ketones is 1. The minimum atomic E-state index is 0.164. The number of carbonyl (C=O) groups is 1. The molecule has 0 amide bonds. The molecule has 0 heterocycles. The molecule has 0 aromatic heterocycles. The van der Waals surface area contributed by atoms with Gasteiger partial charge in [-0.3, -0.25) is 4.79 Å². The zero-order chi connectivity index (χ0) is 5.98. The number of hydrogen-bond acceptors (Lipinski definition) is 1. The number of allylic oxidation sites excluding steroid dienone is 2. The molecule has 1 rings (SSSR count). The first-order valence-corrected chi connectivity index (χ1v) is 2.98. The summed E-state index contributed by atoms with van der Waals surface area (Å²) in [7, 11) is 0. The standard InChI is InChI=1S/C7H10O/c1-6(8)2-3-7-4-5-7/h2-3,7H,4-5H2,1H3/b3-2-. The fourth-order valence-electron chi connectivity index (χ4n) is 0.560. The highest BCUT2D eigenvalue weighted by Crippen LogP contribution is 2.29. The monoisotopic (exact) mass is 110 g/mol. The van der Waals surface area contributed by atoms with Gasteiger partial charge in [0.15, 0.2) is 5.78 Å². The van der Waals surface area contributed by atoms with E-state index in [0.717, 1.165) is 5.92 Å². The first kappa shape index (κ1) is 5.54. The van der Waals surface area contributed by atoms with Gasteiger partial charge in [0.25, 0.3) is 0 Å². The molecule has 8 heavy (non-hydrogen) atoms. The maximum absolute atomic E-state index is 10.3. The van der Waals surface area contributed by atoms with Gasteiger partial charge < -0.3 is 0 Å². The van der Waals surface area contributed by atoms with E-state index in [4.69, 9.17) is 0 Å². The van der Waals surface area contributed by atoms with Crippen LogP contribution in [0.15, 0.2) is 12.2 Å². The molecule has 0 aromatic rings. The van der Waals surface area contributed by atoms with E-state index in [2.05, 4.69) is 0 Å². The van der Waals surface area contributed by atoms with E-state index in [1.54, 1.807) is 13.0 Å². The lowest BCUT2D eigenvalue weighted by Gasteiger charge is -1.76. The Kier molecular flexibility index (Phi) is 1.47. The van der Waals surface area contributed by atoms with E-state index in [1.165, 1.54) is 12.8 Å². The Labute approximate surface area is 49.4 Å². The van der Waals surface area contributed by atoms with Crippen molar-refractivity contribution in [3.63, 3.8) is 0 Å². The fraction of sp³-hybridized carbons (Fsp3) is 0.571. The van der Waals surface area contributed by atoms with Crippen molar-refractivity contribution in [3.8, 4) is 0 Å². The van der Waals surface area contributed by atoms with Crippen molar-refractivity contribution in [2.24, 2.45) is 5.92 Å². The molecule has 0 N–H and O–H groups in total. The first-order chi connectivity index (χ1) is 3.79. The maximum Gasteiger partial charge on any atom is 0.152 e. The SMILES string of the molecule is CC(=O)/C=C\C1CC1. The van der Waals surface area contributed by atoms with Crippen LogP contribution in [-0.4, -0.2) is 5.78 Å². The molecule has 1 aliphatic rings. The van der Waals surface area contributed by atoms with Crippen LogP contribution in [0.3, 0.4) is 0 Å². The zero-order valence-corrected chi connectivity index (χ0v) is 5.05. The highest BCUT2D eigenvalue weighted by Gasteiger charge is 2.16. The average molecular weight is 110 g/mol. The first-order valence-electron chi connectivity index (χ1n) is 2.98. The van der Waals surface area contributed by atoms with Gasteiger partial charge in [-0.1, -0.05) is 6.08 Å². The second-order valence-corrected chi connectivity index (χ2v) is 2.31. The largest absolute Gasteiger partial charge is 0.295 e. The van der Waals surface area contributed by atoms with Crippen molar-refractivity contribution in [3.05, 3.63) is 12.2 Å². The second-order valence-electron chi connectivity index (χ2n) is 2.31. The third-order valence-corrected chi connectivity index (χ3v) is 1.23. The van der Waals surface area contributed by atoms with Gasteiger partial charge in [0, 0.05) is 0 Å². The van der Waals surface area contributed by atoms with Crippen LogP contribution in [0.25, 0.3) is 0 Å². The summed E-state index contributed by atoms with van der Waals surface area (Å²) in [6.45, 7) is 1.58. The van der Waals surface area contributed by atoms with Crippen molar-refractivity contribution in [2.45, 2.75) is 19.8 Å². The predicted octanol–water partition coefficient (Wildman–Crippen LogP) is 1.54. The molecule has 0 spiro atoms. The topological polar surface area (TPSA) is 17.1 Å². The van der Waals surface area contributed by atoms with Gasteiger partial charge in [-0.15, -0.1) is 0 Å². The van der Waals surface area contributed by atoms with E-state index in [-0.39, 0.29) is 5.78 Å². The molecular formula is C7H10O. The van der Waals surface area contributed by atoms with E-state index >= 15 is 0 Å². The molecule has 1 aliphatic carbocycles. The maximum atomic E-state index is 10.3. The van der Waals surface area contributed by atoms with Crippen LogP contribution >= 0.6 is 0 Å². The summed E-state index contributed by atoms with van der Waals surface area (Å²) >= 11 is 0. The summed E-state index contributed by atoms with van der Waals surface area (Å²) in [4.78, 5) is 10.3. The van der Waals surface area contributed by atoms with Crippen molar-refractivity contribution in [1.29, 1.82) is 0 Å². The Balaban J connectivity index is 2.23. The summed E-state index contributed by atoms with van der Waals surface area (Å²) in [5.41, 5.74) is 0. The molecule has 0 aliphatic heterocycles. The minimum Gasteiger partial charge on any atom is -0.295 e. The van der Waals surface area contributed by atoms with Gasteiger partial charge in [0.2, 0.25) is 0 Å². The summed E-state index contributed by atoms with van der Waals surface area (Å²) in [5, 5.41) is 0. The van der Waals surface area contributed by atoms with Crippen LogP contribution in [0.4, 0.5) is 0 Å². The van der Waals surface area contributed by atoms with Crippen molar-refractivity contribution in [2.75, 3.05) is 0 Å². The summed E-state index contributed by atoms with van der Waals surface area (Å²) in [6, 6.07) is 0. The quantitative estimate of drug-likeness (QED) is 0.493. The summed E-state index contributed by atoms with van der Waals surface area (Å²) < 4.78 is 0. The Morgan fingerprint density at radius 3 is 2.62 bits per heavy atom. The molecular weight excluding hydrogens is 100 g/mol. The third-order valence-electron chi connectivity index (χ3n) is 1.23. The van der Waals surface area contributed by atoms with Gasteiger partial charge in [0.1, 0.15) is 0 Å². The summed E-state index contributed by atoms with van der Waals surface area (Å²) in [6.07, 6.45) is 6.23. The molecule has 1 saturated carbocycles. The van der Waals surface area contributed by atoms with Gasteiger partial charge in [-0.2, -0.15) is 0 Å². The van der Waals surface area contributed by atoms with Gasteiger partial charge in [0.05, 0.1) is 0 Å². The Morgan fingerprint density at radius 1 is 1.62 bits per heavy atom. The lowest BCUT2D eigenvalue weighted by molar-refractivity contribution is -0.112. The number of rotatable bonds is 2. The Hall–Kier alpha value is -0.590. The van der Waals surface area contributed by atoms with Gasteiger partial charge in [-0.05, 0) is 31.8 Å². The highest BCUT2D eigenvalue weighted by atomic mass is 16.1. The second kappa shape index (κ2) is 2.12. The average Bonchev–Trinajstić information content (AvgIpc) is 2.41. The van der Waals surface area contributed by atoms with Crippen molar-refractivity contribution < 1.29 is 4.79 Å².